The van der Waals surface area contributed by atoms with Crippen LogP contribution in [-0.2, 0) is 6.18 Å². The van der Waals surface area contributed by atoms with E-state index >= 15 is 0 Å². The molecule has 32 heavy (non-hydrogen) atoms. The average Bonchev–Trinajstić information content (AvgIpc) is 2.74. The van der Waals surface area contributed by atoms with Gasteiger partial charge in [0.15, 0.2) is 0 Å². The summed E-state index contributed by atoms with van der Waals surface area (Å²) in [6.07, 6.45) is -2.97. The zero-order chi connectivity index (χ0) is 23.1. The summed E-state index contributed by atoms with van der Waals surface area (Å²) in [7, 11) is 0. The number of nitrogens with zero attached hydrogens (tertiary/aromatic N) is 2. The summed E-state index contributed by atoms with van der Waals surface area (Å²) in [5.41, 5.74) is 0.0947. The standard InChI is InChI=1S/C23H25F3N4O2/c1-4-13-31-18-9-5-17(6-10-18)29-22-27-14-20(23(24,25)26)21(30-22)28-16-7-11-19(12-8-16)32-15(2)3/h5-12,14-15H,4,13H2,1-3H3,(H2,27,28,29,30). The van der Waals surface area contributed by atoms with Gasteiger partial charge in [-0.25, -0.2) is 4.98 Å². The topological polar surface area (TPSA) is 68.3 Å². The Morgan fingerprint density at radius 3 is 2.06 bits per heavy atom. The molecular weight excluding hydrogens is 421 g/mol. The van der Waals surface area contributed by atoms with Crippen molar-refractivity contribution in [1.82, 2.24) is 9.97 Å². The lowest BCUT2D eigenvalue weighted by atomic mass is 10.2. The second-order valence-corrected chi connectivity index (χ2v) is 7.27. The van der Waals surface area contributed by atoms with Crippen molar-refractivity contribution in [2.75, 3.05) is 17.2 Å². The quantitative estimate of drug-likeness (QED) is 0.388. The van der Waals surface area contributed by atoms with Crippen molar-refractivity contribution in [3.05, 3.63) is 60.3 Å². The molecule has 6 nitrogen and oxygen atoms in total. The van der Waals surface area contributed by atoms with Gasteiger partial charge in [-0.3, -0.25) is 0 Å². The van der Waals surface area contributed by atoms with Crippen LogP contribution in [0.1, 0.15) is 32.8 Å². The molecule has 0 aliphatic heterocycles. The van der Waals surface area contributed by atoms with Gasteiger partial charge in [0, 0.05) is 17.6 Å². The number of aromatic nitrogens is 2. The highest BCUT2D eigenvalue weighted by molar-refractivity contribution is 5.63. The van der Waals surface area contributed by atoms with Crippen LogP contribution < -0.4 is 20.1 Å². The number of hydrogen-bond donors (Lipinski definition) is 2. The second-order valence-electron chi connectivity index (χ2n) is 7.27. The van der Waals surface area contributed by atoms with E-state index in [1.165, 1.54) is 0 Å². The third-order valence-corrected chi connectivity index (χ3v) is 4.17. The van der Waals surface area contributed by atoms with Gasteiger partial charge >= 0.3 is 6.18 Å². The third-order valence-electron chi connectivity index (χ3n) is 4.17. The summed E-state index contributed by atoms with van der Waals surface area (Å²) in [4.78, 5) is 7.88. The van der Waals surface area contributed by atoms with Crippen molar-refractivity contribution in [3.8, 4) is 11.5 Å². The first-order valence-electron chi connectivity index (χ1n) is 10.2. The first kappa shape index (κ1) is 23.2. The Morgan fingerprint density at radius 1 is 0.906 bits per heavy atom. The molecule has 1 aromatic heterocycles. The molecule has 0 aliphatic carbocycles. The zero-order valence-corrected chi connectivity index (χ0v) is 18.0. The molecular formula is C23H25F3N4O2. The molecule has 3 aromatic rings. The Kier molecular flexibility index (Phi) is 7.40. The minimum atomic E-state index is -4.61. The van der Waals surface area contributed by atoms with Crippen LogP contribution in [0.3, 0.4) is 0 Å². The van der Waals surface area contributed by atoms with Gasteiger partial charge in [0.1, 0.15) is 22.9 Å². The lowest BCUT2D eigenvalue weighted by molar-refractivity contribution is -0.137. The van der Waals surface area contributed by atoms with E-state index in [0.717, 1.165) is 12.6 Å². The van der Waals surface area contributed by atoms with Crippen LogP contribution in [0.25, 0.3) is 0 Å². The van der Waals surface area contributed by atoms with Crippen LogP contribution in [0, 0.1) is 0 Å². The van der Waals surface area contributed by atoms with Gasteiger partial charge in [0.05, 0.1) is 12.7 Å². The number of benzene rings is 2. The van der Waals surface area contributed by atoms with Crippen LogP contribution in [-0.4, -0.2) is 22.7 Å². The van der Waals surface area contributed by atoms with Crippen molar-refractivity contribution in [2.24, 2.45) is 0 Å². The molecule has 0 bridgehead atoms. The number of rotatable bonds is 9. The fourth-order valence-electron chi connectivity index (χ4n) is 2.75. The largest absolute Gasteiger partial charge is 0.494 e. The van der Waals surface area contributed by atoms with Crippen LogP contribution >= 0.6 is 0 Å². The van der Waals surface area contributed by atoms with E-state index in [2.05, 4.69) is 20.6 Å². The molecule has 2 N–H and O–H groups in total. The van der Waals surface area contributed by atoms with Gasteiger partial charge in [0.25, 0.3) is 0 Å². The number of hydrogen-bond acceptors (Lipinski definition) is 6. The molecule has 9 heteroatoms. The lowest BCUT2D eigenvalue weighted by Crippen LogP contribution is -2.12. The maximum absolute atomic E-state index is 13.5. The molecule has 0 unspecified atom stereocenters. The second kappa shape index (κ2) is 10.2. The fraction of sp³-hybridized carbons (Fsp3) is 0.304. The van der Waals surface area contributed by atoms with Gasteiger partial charge < -0.3 is 20.1 Å². The van der Waals surface area contributed by atoms with Crippen molar-refractivity contribution in [1.29, 1.82) is 0 Å². The molecule has 0 saturated carbocycles. The summed E-state index contributed by atoms with van der Waals surface area (Å²) >= 11 is 0. The highest BCUT2D eigenvalue weighted by Gasteiger charge is 2.35. The summed E-state index contributed by atoms with van der Waals surface area (Å²) < 4.78 is 51.6. The molecule has 3 rings (SSSR count). The van der Waals surface area contributed by atoms with Crippen LogP contribution in [0.2, 0.25) is 0 Å². The number of alkyl halides is 3. The third kappa shape index (κ3) is 6.50. The van der Waals surface area contributed by atoms with E-state index in [1.54, 1.807) is 48.5 Å². The van der Waals surface area contributed by atoms with Crippen molar-refractivity contribution in [3.63, 3.8) is 0 Å². The Morgan fingerprint density at radius 2 is 1.50 bits per heavy atom. The Balaban J connectivity index is 1.80. The highest BCUT2D eigenvalue weighted by atomic mass is 19.4. The molecule has 0 saturated heterocycles. The maximum Gasteiger partial charge on any atom is 0.421 e. The minimum Gasteiger partial charge on any atom is -0.494 e. The lowest BCUT2D eigenvalue weighted by Gasteiger charge is -2.15. The number of halogens is 3. The van der Waals surface area contributed by atoms with Crippen LogP contribution in [0.15, 0.2) is 54.7 Å². The molecule has 0 amide bonds. The molecule has 0 atom stereocenters. The normalized spacial score (nSPS) is 11.3. The summed E-state index contributed by atoms with van der Waals surface area (Å²) in [6.45, 7) is 6.40. The first-order chi connectivity index (χ1) is 15.2. The van der Waals surface area contributed by atoms with E-state index in [4.69, 9.17) is 9.47 Å². The number of nitrogens with one attached hydrogen (secondary N) is 2. The monoisotopic (exact) mass is 446 g/mol. The van der Waals surface area contributed by atoms with Crippen molar-refractivity contribution < 1.29 is 22.6 Å². The van der Waals surface area contributed by atoms with E-state index in [1.807, 2.05) is 20.8 Å². The summed E-state index contributed by atoms with van der Waals surface area (Å²) in [5, 5.41) is 5.65. The van der Waals surface area contributed by atoms with Gasteiger partial charge in [0.2, 0.25) is 5.95 Å². The number of ether oxygens (including phenoxy) is 2. The van der Waals surface area contributed by atoms with Gasteiger partial charge in [-0.1, -0.05) is 6.92 Å². The van der Waals surface area contributed by atoms with Gasteiger partial charge in [-0.15, -0.1) is 0 Å². The maximum atomic E-state index is 13.5. The SMILES string of the molecule is CCCOc1ccc(Nc2ncc(C(F)(F)F)c(Nc3ccc(OC(C)C)cc3)n2)cc1. The van der Waals surface area contributed by atoms with Crippen LogP contribution in [0.4, 0.5) is 36.3 Å². The molecule has 0 fully saturated rings. The van der Waals surface area contributed by atoms with E-state index in [0.29, 0.717) is 29.5 Å². The van der Waals surface area contributed by atoms with E-state index < -0.39 is 11.7 Å². The molecule has 170 valence electrons. The van der Waals surface area contributed by atoms with E-state index in [9.17, 15) is 13.2 Å². The molecule has 0 aliphatic rings. The van der Waals surface area contributed by atoms with Crippen molar-refractivity contribution in [2.45, 2.75) is 39.5 Å². The predicted molar refractivity (Wildman–Crippen MR) is 118 cm³/mol. The smallest absolute Gasteiger partial charge is 0.421 e. The Bertz CT molecular complexity index is 1010. The summed E-state index contributed by atoms with van der Waals surface area (Å²) in [5.74, 6) is 1.01. The molecule has 2 aromatic carbocycles. The van der Waals surface area contributed by atoms with Gasteiger partial charge in [-0.2, -0.15) is 18.2 Å². The minimum absolute atomic E-state index is 0.00610. The van der Waals surface area contributed by atoms with Crippen LogP contribution in [0.5, 0.6) is 11.5 Å². The molecule has 0 spiro atoms. The molecule has 0 radical (unpaired) electrons. The molecule has 1 heterocycles. The average molecular weight is 446 g/mol. The fourth-order valence-corrected chi connectivity index (χ4v) is 2.75. The van der Waals surface area contributed by atoms with E-state index in [-0.39, 0.29) is 17.9 Å². The Labute approximate surface area is 184 Å². The highest BCUT2D eigenvalue weighted by Crippen LogP contribution is 2.35. The summed E-state index contributed by atoms with van der Waals surface area (Å²) in [6, 6.07) is 13.6. The zero-order valence-electron chi connectivity index (χ0n) is 18.0. The predicted octanol–water partition coefficient (Wildman–Crippen LogP) is 6.56. The Hall–Kier alpha value is -3.49. The number of anilines is 4. The first-order valence-corrected chi connectivity index (χ1v) is 10.2. The van der Waals surface area contributed by atoms with Gasteiger partial charge in [-0.05, 0) is 68.8 Å². The van der Waals surface area contributed by atoms with Crippen molar-refractivity contribution >= 4 is 23.1 Å².